The first kappa shape index (κ1) is 21.0. The molecule has 0 saturated heterocycles. The van der Waals surface area contributed by atoms with Crippen LogP contribution in [0.15, 0.2) is 72.9 Å². The molecule has 3 aromatic rings. The molecule has 3 rings (SSSR count). The predicted octanol–water partition coefficient (Wildman–Crippen LogP) is 3.80. The average Bonchev–Trinajstić information content (AvgIpc) is 2.79. The zero-order chi connectivity index (χ0) is 21.3. The fourth-order valence-corrected chi connectivity index (χ4v) is 2.74. The molecule has 0 N–H and O–H groups in total. The number of carbonyl (C=O) groups is 2. The number of methoxy groups -OCH3 is 1. The average molecular weight is 409 g/mol. The molecule has 0 aliphatic carbocycles. The van der Waals surface area contributed by atoms with Crippen LogP contribution in [0, 0.1) is 5.82 Å². The molecular formula is C23H20FNO5. The number of nitrogens with zero attached hydrogens (tertiary/aromatic N) is 1. The lowest BCUT2D eigenvalue weighted by atomic mass is 9.99. The normalized spacial score (nSPS) is 10.5. The van der Waals surface area contributed by atoms with Crippen LogP contribution < -0.4 is 4.74 Å². The first-order chi connectivity index (χ1) is 14.6. The van der Waals surface area contributed by atoms with Gasteiger partial charge in [0, 0.05) is 11.6 Å². The summed E-state index contributed by atoms with van der Waals surface area (Å²) in [6.45, 7) is -0.127. The first-order valence-corrected chi connectivity index (χ1v) is 9.19. The maximum absolute atomic E-state index is 14.5. The molecule has 0 radical (unpaired) electrons. The number of esters is 2. The van der Waals surface area contributed by atoms with E-state index in [1.54, 1.807) is 48.5 Å². The number of pyridine rings is 1. The van der Waals surface area contributed by atoms with Crippen LogP contribution >= 0.6 is 0 Å². The number of hydrogen-bond acceptors (Lipinski definition) is 6. The highest BCUT2D eigenvalue weighted by molar-refractivity contribution is 6.00. The van der Waals surface area contributed by atoms with Crippen LogP contribution in [0.4, 0.5) is 4.39 Å². The highest BCUT2D eigenvalue weighted by Gasteiger charge is 2.35. The van der Waals surface area contributed by atoms with E-state index < -0.39 is 23.7 Å². The SMILES string of the molecule is COc1cc(C(C(=O)OCc2ccccc2)C(=O)OCc2ccccc2)c(F)cn1. The highest BCUT2D eigenvalue weighted by Crippen LogP contribution is 2.26. The van der Waals surface area contributed by atoms with Gasteiger partial charge in [-0.05, 0) is 11.1 Å². The zero-order valence-electron chi connectivity index (χ0n) is 16.3. The smallest absolute Gasteiger partial charge is 0.325 e. The summed E-state index contributed by atoms with van der Waals surface area (Å²) in [7, 11) is 1.35. The summed E-state index contributed by atoms with van der Waals surface area (Å²) >= 11 is 0. The van der Waals surface area contributed by atoms with E-state index in [-0.39, 0.29) is 24.7 Å². The van der Waals surface area contributed by atoms with Gasteiger partial charge in [-0.3, -0.25) is 9.59 Å². The Labute approximate surface area is 173 Å². The minimum atomic E-state index is -1.62. The minimum absolute atomic E-state index is 0.0584. The number of aromatic nitrogens is 1. The van der Waals surface area contributed by atoms with Crippen molar-refractivity contribution in [1.29, 1.82) is 0 Å². The van der Waals surface area contributed by atoms with Crippen LogP contribution in [0.3, 0.4) is 0 Å². The molecule has 0 unspecified atom stereocenters. The van der Waals surface area contributed by atoms with Gasteiger partial charge in [0.15, 0.2) is 5.92 Å². The van der Waals surface area contributed by atoms with Crippen LogP contribution in [0.1, 0.15) is 22.6 Å². The van der Waals surface area contributed by atoms with Crippen molar-refractivity contribution in [2.75, 3.05) is 7.11 Å². The van der Waals surface area contributed by atoms with E-state index in [2.05, 4.69) is 4.98 Å². The second kappa shape index (κ2) is 10.2. The molecule has 154 valence electrons. The van der Waals surface area contributed by atoms with Crippen molar-refractivity contribution in [1.82, 2.24) is 4.98 Å². The van der Waals surface area contributed by atoms with Gasteiger partial charge < -0.3 is 14.2 Å². The number of halogens is 1. The Morgan fingerprint density at radius 2 is 1.40 bits per heavy atom. The molecule has 2 aromatic carbocycles. The quantitative estimate of drug-likeness (QED) is 0.416. The fourth-order valence-electron chi connectivity index (χ4n) is 2.74. The third-order valence-electron chi connectivity index (χ3n) is 4.30. The van der Waals surface area contributed by atoms with Gasteiger partial charge in [0.25, 0.3) is 0 Å². The van der Waals surface area contributed by atoms with Gasteiger partial charge in [-0.2, -0.15) is 0 Å². The molecule has 1 aromatic heterocycles. The highest BCUT2D eigenvalue weighted by atomic mass is 19.1. The van der Waals surface area contributed by atoms with E-state index in [1.807, 2.05) is 12.1 Å². The van der Waals surface area contributed by atoms with Crippen molar-refractivity contribution < 1.29 is 28.2 Å². The van der Waals surface area contributed by atoms with Crippen molar-refractivity contribution in [3.05, 3.63) is 95.4 Å². The number of hydrogen-bond donors (Lipinski definition) is 0. The molecule has 0 atom stereocenters. The largest absolute Gasteiger partial charge is 0.481 e. The van der Waals surface area contributed by atoms with Crippen molar-refractivity contribution in [3.8, 4) is 5.88 Å². The lowest BCUT2D eigenvalue weighted by Gasteiger charge is -2.17. The van der Waals surface area contributed by atoms with Crippen LogP contribution in [0.2, 0.25) is 0 Å². The van der Waals surface area contributed by atoms with Gasteiger partial charge in [-0.15, -0.1) is 0 Å². The Balaban J connectivity index is 1.82. The number of ether oxygens (including phenoxy) is 3. The van der Waals surface area contributed by atoms with E-state index in [1.165, 1.54) is 13.2 Å². The number of rotatable bonds is 8. The summed E-state index contributed by atoms with van der Waals surface area (Å²) in [5.41, 5.74) is 1.24. The Bertz CT molecular complexity index is 939. The molecule has 30 heavy (non-hydrogen) atoms. The van der Waals surface area contributed by atoms with Gasteiger partial charge in [0.2, 0.25) is 5.88 Å². The molecule has 7 heteroatoms. The van der Waals surface area contributed by atoms with Crippen molar-refractivity contribution in [3.63, 3.8) is 0 Å². The molecule has 1 heterocycles. The van der Waals surface area contributed by atoms with Crippen molar-refractivity contribution in [2.24, 2.45) is 0 Å². The van der Waals surface area contributed by atoms with Gasteiger partial charge in [-0.25, -0.2) is 9.37 Å². The van der Waals surface area contributed by atoms with E-state index in [0.29, 0.717) is 0 Å². The van der Waals surface area contributed by atoms with Crippen LogP contribution in [-0.2, 0) is 32.3 Å². The Kier molecular flexibility index (Phi) is 7.10. The molecular weight excluding hydrogens is 389 g/mol. The fraction of sp³-hybridized carbons (Fsp3) is 0.174. The second-order valence-electron chi connectivity index (χ2n) is 6.37. The summed E-state index contributed by atoms with van der Waals surface area (Å²) in [6, 6.07) is 19.1. The van der Waals surface area contributed by atoms with E-state index in [4.69, 9.17) is 14.2 Å². The third-order valence-corrected chi connectivity index (χ3v) is 4.30. The van der Waals surface area contributed by atoms with E-state index in [9.17, 15) is 14.0 Å². The van der Waals surface area contributed by atoms with Gasteiger partial charge in [-0.1, -0.05) is 60.7 Å². The second-order valence-corrected chi connectivity index (χ2v) is 6.37. The lowest BCUT2D eigenvalue weighted by molar-refractivity contribution is -0.159. The summed E-state index contributed by atoms with van der Waals surface area (Å²) in [6.07, 6.45) is 0.885. The molecule has 6 nitrogen and oxygen atoms in total. The number of carbonyl (C=O) groups excluding carboxylic acids is 2. The molecule has 0 fully saturated rings. The minimum Gasteiger partial charge on any atom is -0.481 e. The summed E-state index contributed by atoms with van der Waals surface area (Å²) in [5.74, 6) is -4.25. The standard InChI is InChI=1S/C23H20FNO5/c1-28-20-12-18(19(24)13-25-20)21(22(26)29-14-16-8-4-2-5-9-16)23(27)30-15-17-10-6-3-7-11-17/h2-13,21H,14-15H2,1H3. The monoisotopic (exact) mass is 409 g/mol. The van der Waals surface area contributed by atoms with E-state index in [0.717, 1.165) is 17.3 Å². The summed E-state index contributed by atoms with van der Waals surface area (Å²) < 4.78 is 30.0. The van der Waals surface area contributed by atoms with Crippen molar-refractivity contribution in [2.45, 2.75) is 19.1 Å². The molecule has 0 saturated carbocycles. The van der Waals surface area contributed by atoms with Crippen LogP contribution in [-0.4, -0.2) is 24.0 Å². The molecule has 0 amide bonds. The molecule has 0 spiro atoms. The van der Waals surface area contributed by atoms with Crippen LogP contribution in [0.5, 0.6) is 5.88 Å². The summed E-state index contributed by atoms with van der Waals surface area (Å²) in [5, 5.41) is 0. The molecule has 0 aliphatic heterocycles. The third kappa shape index (κ3) is 5.41. The van der Waals surface area contributed by atoms with Gasteiger partial charge in [0.1, 0.15) is 19.0 Å². The Morgan fingerprint density at radius 3 is 1.87 bits per heavy atom. The molecule has 0 aliphatic rings. The Morgan fingerprint density at radius 1 is 0.900 bits per heavy atom. The van der Waals surface area contributed by atoms with Gasteiger partial charge >= 0.3 is 11.9 Å². The zero-order valence-corrected chi connectivity index (χ0v) is 16.3. The topological polar surface area (TPSA) is 74.7 Å². The van der Waals surface area contributed by atoms with E-state index >= 15 is 0 Å². The summed E-state index contributed by atoms with van der Waals surface area (Å²) in [4.78, 5) is 29.3. The Hall–Kier alpha value is -3.74. The number of benzene rings is 2. The lowest BCUT2D eigenvalue weighted by Crippen LogP contribution is -2.27. The van der Waals surface area contributed by atoms with Crippen molar-refractivity contribution >= 4 is 11.9 Å². The predicted molar refractivity (Wildman–Crippen MR) is 106 cm³/mol. The maximum atomic E-state index is 14.5. The van der Waals surface area contributed by atoms with Gasteiger partial charge in [0.05, 0.1) is 13.3 Å². The maximum Gasteiger partial charge on any atom is 0.325 e. The first-order valence-electron chi connectivity index (χ1n) is 9.19. The van der Waals surface area contributed by atoms with Crippen LogP contribution in [0.25, 0.3) is 0 Å². The molecule has 0 bridgehead atoms.